The van der Waals surface area contributed by atoms with Crippen molar-refractivity contribution in [2.24, 2.45) is 0 Å². The van der Waals surface area contributed by atoms with Gasteiger partial charge in [0.15, 0.2) is 0 Å². The Labute approximate surface area is 125 Å². The molecule has 0 aliphatic carbocycles. The fraction of sp³-hybridized carbons (Fsp3) is 0.500. The molecule has 0 heterocycles. The number of ether oxygens (including phenoxy) is 2. The number of carbonyl (C=O) groups excluding carboxylic acids is 1. The second-order valence-corrected chi connectivity index (χ2v) is 6.73. The first-order chi connectivity index (χ1) is 9.77. The second kappa shape index (κ2) is 7.02. The molecule has 1 unspecified atom stereocenters. The van der Waals surface area contributed by atoms with E-state index in [0.717, 1.165) is 0 Å². The molecule has 0 amide bonds. The Kier molecular flexibility index (Phi) is 5.88. The van der Waals surface area contributed by atoms with E-state index in [2.05, 4.69) is 0 Å². The molecule has 0 saturated carbocycles. The average Bonchev–Trinajstić information content (AvgIpc) is 2.45. The highest BCUT2D eigenvalue weighted by Gasteiger charge is 2.30. The number of benzene rings is 1. The van der Waals surface area contributed by atoms with E-state index in [1.54, 1.807) is 26.0 Å². The van der Waals surface area contributed by atoms with Crippen molar-refractivity contribution in [2.45, 2.75) is 24.8 Å². The lowest BCUT2D eigenvalue weighted by atomic mass is 10.1. The Morgan fingerprint density at radius 2 is 1.95 bits per heavy atom. The molecular formula is C14H21NO5S. The van der Waals surface area contributed by atoms with E-state index in [-0.39, 0.29) is 23.1 Å². The molecule has 0 bridgehead atoms. The summed E-state index contributed by atoms with van der Waals surface area (Å²) in [6.45, 7) is 3.66. The molecule has 0 radical (unpaired) electrons. The fourth-order valence-electron chi connectivity index (χ4n) is 1.96. The summed E-state index contributed by atoms with van der Waals surface area (Å²) in [5, 5.41) is 0. The number of hydrogen-bond acceptors (Lipinski definition) is 5. The number of esters is 1. The van der Waals surface area contributed by atoms with Gasteiger partial charge in [-0.1, -0.05) is 12.1 Å². The molecule has 1 rings (SSSR count). The number of sulfonamides is 1. The molecule has 0 aliphatic rings. The summed E-state index contributed by atoms with van der Waals surface area (Å²) in [5.41, 5.74) is 0.618. The van der Waals surface area contributed by atoms with Crippen molar-refractivity contribution in [3.8, 4) is 0 Å². The molecule has 1 aromatic carbocycles. The maximum absolute atomic E-state index is 12.7. The predicted molar refractivity (Wildman–Crippen MR) is 78.8 cm³/mol. The van der Waals surface area contributed by atoms with Gasteiger partial charge in [0.1, 0.15) is 0 Å². The lowest BCUT2D eigenvalue weighted by Crippen LogP contribution is -2.38. The number of rotatable bonds is 6. The van der Waals surface area contributed by atoms with Crippen molar-refractivity contribution in [3.63, 3.8) is 0 Å². The summed E-state index contributed by atoms with van der Waals surface area (Å²) in [4.78, 5) is 11.8. The first-order valence-corrected chi connectivity index (χ1v) is 7.86. The van der Waals surface area contributed by atoms with E-state index in [1.165, 1.54) is 31.6 Å². The predicted octanol–water partition coefficient (Wildman–Crippen LogP) is 1.44. The van der Waals surface area contributed by atoms with Crippen LogP contribution in [0.3, 0.4) is 0 Å². The van der Waals surface area contributed by atoms with Crippen molar-refractivity contribution >= 4 is 16.0 Å². The van der Waals surface area contributed by atoms with Crippen LogP contribution in [-0.2, 0) is 19.5 Å². The van der Waals surface area contributed by atoms with Gasteiger partial charge in [0.05, 0.1) is 24.2 Å². The van der Waals surface area contributed by atoms with Gasteiger partial charge in [0, 0.05) is 20.2 Å². The number of methoxy groups -OCH3 is 2. The highest BCUT2D eigenvalue weighted by Crippen LogP contribution is 2.24. The van der Waals surface area contributed by atoms with Gasteiger partial charge in [-0.2, -0.15) is 4.31 Å². The molecule has 0 fully saturated rings. The van der Waals surface area contributed by atoms with Gasteiger partial charge in [-0.15, -0.1) is 0 Å². The standard InChI is InChI=1S/C14H21NO5S/c1-10-7-6-8-12(13(10)14(16)20-5)21(17,18)15(3)11(2)9-19-4/h6-8,11H,9H2,1-5H3. The molecule has 21 heavy (non-hydrogen) atoms. The topological polar surface area (TPSA) is 72.9 Å². The van der Waals surface area contributed by atoms with Crippen LogP contribution >= 0.6 is 0 Å². The molecule has 1 atom stereocenters. The molecule has 0 aromatic heterocycles. The lowest BCUT2D eigenvalue weighted by molar-refractivity contribution is 0.0595. The Bertz CT molecular complexity index is 612. The third-order valence-electron chi connectivity index (χ3n) is 3.31. The molecule has 0 aliphatic heterocycles. The van der Waals surface area contributed by atoms with Crippen LogP contribution < -0.4 is 0 Å². The minimum absolute atomic E-state index is 0.0557. The molecule has 6 nitrogen and oxygen atoms in total. The highest BCUT2D eigenvalue weighted by molar-refractivity contribution is 7.89. The summed E-state index contributed by atoms with van der Waals surface area (Å²) in [6.07, 6.45) is 0. The van der Waals surface area contributed by atoms with E-state index in [0.29, 0.717) is 5.56 Å². The Morgan fingerprint density at radius 1 is 1.33 bits per heavy atom. The normalized spacial score (nSPS) is 13.2. The fourth-order valence-corrected chi connectivity index (χ4v) is 3.56. The van der Waals surface area contributed by atoms with Crippen LogP contribution in [0, 0.1) is 6.92 Å². The third-order valence-corrected chi connectivity index (χ3v) is 5.32. The molecule has 0 spiro atoms. The summed E-state index contributed by atoms with van der Waals surface area (Å²) >= 11 is 0. The van der Waals surface area contributed by atoms with Crippen molar-refractivity contribution < 1.29 is 22.7 Å². The largest absolute Gasteiger partial charge is 0.465 e. The van der Waals surface area contributed by atoms with Gasteiger partial charge in [0.2, 0.25) is 10.0 Å². The van der Waals surface area contributed by atoms with Crippen LogP contribution in [0.25, 0.3) is 0 Å². The van der Waals surface area contributed by atoms with Crippen LogP contribution in [-0.4, -0.2) is 52.6 Å². The van der Waals surface area contributed by atoms with Crippen LogP contribution in [0.5, 0.6) is 0 Å². The highest BCUT2D eigenvalue weighted by atomic mass is 32.2. The number of carbonyl (C=O) groups is 1. The monoisotopic (exact) mass is 315 g/mol. The van der Waals surface area contributed by atoms with E-state index < -0.39 is 16.0 Å². The quantitative estimate of drug-likeness (QED) is 0.743. The SMILES string of the molecule is COCC(C)N(C)S(=O)(=O)c1cccc(C)c1C(=O)OC. The van der Waals surface area contributed by atoms with Crippen molar-refractivity contribution in [1.82, 2.24) is 4.31 Å². The summed E-state index contributed by atoms with van der Waals surface area (Å²) < 4.78 is 36.3. The molecule has 0 saturated heterocycles. The van der Waals surface area contributed by atoms with Crippen molar-refractivity contribution in [2.75, 3.05) is 27.9 Å². The Balaban J connectivity index is 3.39. The van der Waals surface area contributed by atoms with Crippen LogP contribution in [0.1, 0.15) is 22.8 Å². The van der Waals surface area contributed by atoms with Crippen LogP contribution in [0.2, 0.25) is 0 Å². The zero-order valence-electron chi connectivity index (χ0n) is 12.9. The number of likely N-dealkylation sites (N-methyl/N-ethyl adjacent to an activating group) is 1. The maximum atomic E-state index is 12.7. The first-order valence-electron chi connectivity index (χ1n) is 6.42. The van der Waals surface area contributed by atoms with E-state index in [1.807, 2.05) is 0 Å². The number of nitrogens with zero attached hydrogens (tertiary/aromatic N) is 1. The van der Waals surface area contributed by atoms with E-state index >= 15 is 0 Å². The lowest BCUT2D eigenvalue weighted by Gasteiger charge is -2.24. The summed E-state index contributed by atoms with van der Waals surface area (Å²) in [5.74, 6) is -0.667. The van der Waals surface area contributed by atoms with E-state index in [4.69, 9.17) is 9.47 Å². The van der Waals surface area contributed by atoms with Gasteiger partial charge >= 0.3 is 5.97 Å². The summed E-state index contributed by atoms with van der Waals surface area (Å²) in [6, 6.07) is 4.32. The van der Waals surface area contributed by atoms with Crippen molar-refractivity contribution in [3.05, 3.63) is 29.3 Å². The zero-order valence-corrected chi connectivity index (χ0v) is 13.7. The molecule has 7 heteroatoms. The van der Waals surface area contributed by atoms with Crippen LogP contribution in [0.4, 0.5) is 0 Å². The minimum atomic E-state index is -3.82. The molecular weight excluding hydrogens is 294 g/mol. The van der Waals surface area contributed by atoms with Gasteiger partial charge in [0.25, 0.3) is 0 Å². The second-order valence-electron chi connectivity index (χ2n) is 4.77. The Hall–Kier alpha value is -1.44. The number of aryl methyl sites for hydroxylation is 1. The number of hydrogen-bond donors (Lipinski definition) is 0. The summed E-state index contributed by atoms with van der Waals surface area (Å²) in [7, 11) is 0.373. The van der Waals surface area contributed by atoms with Gasteiger partial charge < -0.3 is 9.47 Å². The van der Waals surface area contributed by atoms with Crippen molar-refractivity contribution in [1.29, 1.82) is 0 Å². The van der Waals surface area contributed by atoms with Gasteiger partial charge in [-0.05, 0) is 25.5 Å². The third kappa shape index (κ3) is 3.61. The van der Waals surface area contributed by atoms with E-state index in [9.17, 15) is 13.2 Å². The first kappa shape index (κ1) is 17.6. The molecule has 1 aromatic rings. The molecule has 118 valence electrons. The average molecular weight is 315 g/mol. The molecule has 0 N–H and O–H groups in total. The smallest absolute Gasteiger partial charge is 0.339 e. The maximum Gasteiger partial charge on any atom is 0.339 e. The minimum Gasteiger partial charge on any atom is -0.465 e. The van der Waals surface area contributed by atoms with Gasteiger partial charge in [-0.3, -0.25) is 0 Å². The van der Waals surface area contributed by atoms with Crippen LogP contribution in [0.15, 0.2) is 23.1 Å². The Morgan fingerprint density at radius 3 is 2.48 bits per heavy atom. The van der Waals surface area contributed by atoms with Gasteiger partial charge in [-0.25, -0.2) is 13.2 Å². The zero-order chi connectivity index (χ0) is 16.2.